The first-order valence-corrected chi connectivity index (χ1v) is 8.70. The second-order valence-corrected chi connectivity index (χ2v) is 7.06. The molecule has 0 aliphatic carbocycles. The molecule has 2 amide bonds. The van der Waals surface area contributed by atoms with Gasteiger partial charge in [0.2, 0.25) is 0 Å². The second-order valence-electron chi connectivity index (χ2n) is 6.27. The lowest BCUT2D eigenvalue weighted by Gasteiger charge is -2.15. The number of anilines is 1. The molecule has 0 bridgehead atoms. The lowest BCUT2D eigenvalue weighted by Crippen LogP contribution is -2.29. The largest absolute Gasteiger partial charge is 0.462 e. The van der Waals surface area contributed by atoms with Gasteiger partial charge in [-0.1, -0.05) is 43.1 Å². The average molecular weight is 392 g/mol. The highest BCUT2D eigenvalue weighted by atomic mass is 35.5. The molecule has 1 aliphatic heterocycles. The number of imide groups is 1. The second kappa shape index (κ2) is 7.09. The maximum atomic E-state index is 12.8. The van der Waals surface area contributed by atoms with Crippen LogP contribution in [0.25, 0.3) is 0 Å². The molecular weight excluding hydrogens is 377 g/mol. The van der Waals surface area contributed by atoms with Crippen LogP contribution in [0.3, 0.4) is 0 Å². The van der Waals surface area contributed by atoms with Crippen LogP contribution in [-0.4, -0.2) is 24.4 Å². The summed E-state index contributed by atoms with van der Waals surface area (Å²) >= 11 is 12.1. The van der Waals surface area contributed by atoms with Crippen LogP contribution in [0.2, 0.25) is 10.0 Å². The number of amides is 2. The first-order valence-electron chi connectivity index (χ1n) is 7.95. The summed E-state index contributed by atoms with van der Waals surface area (Å²) in [6.45, 7) is 4.11. The van der Waals surface area contributed by atoms with E-state index in [1.807, 2.05) is 13.8 Å². The van der Waals surface area contributed by atoms with E-state index in [4.69, 9.17) is 27.9 Å². The lowest BCUT2D eigenvalue weighted by molar-refractivity contribution is 0.0458. The summed E-state index contributed by atoms with van der Waals surface area (Å²) in [5, 5.41) is 0.346. The standard InChI is InChI=1S/C19H15Cl2NO4/c1-10(2)9-26-19(25)11-6-7-12-13(8-11)18(24)22(17(12)23)15-5-3-4-14(20)16(15)21/h3-8,10H,9H2,1-2H3. The maximum absolute atomic E-state index is 12.8. The fourth-order valence-corrected chi connectivity index (χ4v) is 2.96. The highest BCUT2D eigenvalue weighted by molar-refractivity contribution is 6.46. The Hall–Kier alpha value is -2.37. The Labute approximate surface area is 160 Å². The van der Waals surface area contributed by atoms with Crippen molar-refractivity contribution in [3.63, 3.8) is 0 Å². The van der Waals surface area contributed by atoms with Crippen LogP contribution < -0.4 is 4.90 Å². The molecule has 26 heavy (non-hydrogen) atoms. The van der Waals surface area contributed by atoms with Crippen LogP contribution in [-0.2, 0) is 4.74 Å². The summed E-state index contributed by atoms with van der Waals surface area (Å²) in [4.78, 5) is 38.5. The van der Waals surface area contributed by atoms with E-state index in [9.17, 15) is 14.4 Å². The number of carbonyl (C=O) groups is 3. The molecule has 1 aliphatic rings. The third-order valence-electron chi connectivity index (χ3n) is 3.84. The Balaban J connectivity index is 1.95. The molecule has 0 N–H and O–H groups in total. The molecule has 7 heteroatoms. The minimum Gasteiger partial charge on any atom is -0.462 e. The number of nitrogens with zero attached hydrogens (tertiary/aromatic N) is 1. The number of fused-ring (bicyclic) bond motifs is 1. The van der Waals surface area contributed by atoms with Gasteiger partial charge < -0.3 is 4.74 Å². The number of hydrogen-bond acceptors (Lipinski definition) is 4. The highest BCUT2D eigenvalue weighted by Crippen LogP contribution is 2.37. The number of halogens is 2. The number of ether oxygens (including phenoxy) is 1. The minimum absolute atomic E-state index is 0.111. The summed E-state index contributed by atoms with van der Waals surface area (Å²) in [7, 11) is 0. The van der Waals surface area contributed by atoms with Gasteiger partial charge in [-0.3, -0.25) is 9.59 Å². The van der Waals surface area contributed by atoms with Crippen LogP contribution >= 0.6 is 23.2 Å². The summed E-state index contributed by atoms with van der Waals surface area (Å²) in [6.07, 6.45) is 0. The van der Waals surface area contributed by atoms with Crippen LogP contribution in [0, 0.1) is 5.92 Å². The Morgan fingerprint density at radius 3 is 2.46 bits per heavy atom. The van der Waals surface area contributed by atoms with Crippen molar-refractivity contribution in [3.8, 4) is 0 Å². The third-order valence-corrected chi connectivity index (χ3v) is 4.65. The molecule has 0 unspecified atom stereocenters. The number of carbonyl (C=O) groups excluding carboxylic acids is 3. The van der Waals surface area contributed by atoms with Crippen molar-refractivity contribution in [2.24, 2.45) is 5.92 Å². The van der Waals surface area contributed by atoms with Crippen molar-refractivity contribution in [3.05, 3.63) is 63.1 Å². The van der Waals surface area contributed by atoms with Crippen LogP contribution in [0.1, 0.15) is 44.9 Å². The molecule has 0 saturated carbocycles. The molecule has 0 fully saturated rings. The Morgan fingerprint density at radius 1 is 1.08 bits per heavy atom. The molecular formula is C19H15Cl2NO4. The van der Waals surface area contributed by atoms with Gasteiger partial charge >= 0.3 is 5.97 Å². The lowest BCUT2D eigenvalue weighted by atomic mass is 10.1. The predicted molar refractivity (Wildman–Crippen MR) is 99.2 cm³/mol. The quantitative estimate of drug-likeness (QED) is 0.563. The maximum Gasteiger partial charge on any atom is 0.338 e. The van der Waals surface area contributed by atoms with Gasteiger partial charge in [0.05, 0.1) is 39.0 Å². The number of hydrogen-bond donors (Lipinski definition) is 0. The molecule has 0 spiro atoms. The summed E-state index contributed by atoms with van der Waals surface area (Å²) in [5.41, 5.74) is 0.746. The Bertz CT molecular complexity index is 924. The molecule has 2 aromatic carbocycles. The zero-order valence-corrected chi connectivity index (χ0v) is 15.6. The molecule has 5 nitrogen and oxygen atoms in total. The smallest absolute Gasteiger partial charge is 0.338 e. The van der Waals surface area contributed by atoms with Crippen LogP contribution in [0.4, 0.5) is 5.69 Å². The molecule has 3 rings (SSSR count). The molecule has 0 radical (unpaired) electrons. The van der Waals surface area contributed by atoms with E-state index in [-0.39, 0.29) is 44.9 Å². The predicted octanol–water partition coefficient (Wildman–Crippen LogP) is 4.61. The van der Waals surface area contributed by atoms with Crippen molar-refractivity contribution in [1.82, 2.24) is 0 Å². The highest BCUT2D eigenvalue weighted by Gasteiger charge is 2.38. The van der Waals surface area contributed by atoms with Gasteiger partial charge in [-0.15, -0.1) is 0 Å². The molecule has 2 aromatic rings. The topological polar surface area (TPSA) is 63.7 Å². The fourth-order valence-electron chi connectivity index (χ4n) is 2.58. The van der Waals surface area contributed by atoms with Gasteiger partial charge in [0.15, 0.2) is 0 Å². The molecule has 134 valence electrons. The monoisotopic (exact) mass is 391 g/mol. The van der Waals surface area contributed by atoms with Crippen LogP contribution in [0.15, 0.2) is 36.4 Å². The van der Waals surface area contributed by atoms with Gasteiger partial charge in [-0.05, 0) is 36.2 Å². The summed E-state index contributed by atoms with van der Waals surface area (Å²) < 4.78 is 5.17. The van der Waals surface area contributed by atoms with Gasteiger partial charge in [0.1, 0.15) is 0 Å². The van der Waals surface area contributed by atoms with E-state index in [1.165, 1.54) is 24.3 Å². The van der Waals surface area contributed by atoms with Crippen molar-refractivity contribution in [2.75, 3.05) is 11.5 Å². The molecule has 0 aromatic heterocycles. The van der Waals surface area contributed by atoms with E-state index < -0.39 is 17.8 Å². The van der Waals surface area contributed by atoms with E-state index in [1.54, 1.807) is 12.1 Å². The van der Waals surface area contributed by atoms with E-state index in [2.05, 4.69) is 0 Å². The Kier molecular flexibility index (Phi) is 5.03. The van der Waals surface area contributed by atoms with E-state index in [0.717, 1.165) is 4.90 Å². The number of rotatable bonds is 4. The summed E-state index contributed by atoms with van der Waals surface area (Å²) in [6, 6.07) is 8.98. The van der Waals surface area contributed by atoms with Gasteiger partial charge in [-0.2, -0.15) is 0 Å². The van der Waals surface area contributed by atoms with Crippen molar-refractivity contribution in [1.29, 1.82) is 0 Å². The molecule has 0 atom stereocenters. The zero-order valence-electron chi connectivity index (χ0n) is 14.1. The Morgan fingerprint density at radius 2 is 1.77 bits per heavy atom. The average Bonchev–Trinajstić information content (AvgIpc) is 2.86. The van der Waals surface area contributed by atoms with E-state index >= 15 is 0 Å². The zero-order chi connectivity index (χ0) is 19.0. The molecule has 1 heterocycles. The summed E-state index contributed by atoms with van der Waals surface area (Å²) in [5.74, 6) is -1.43. The van der Waals surface area contributed by atoms with Gasteiger partial charge in [0, 0.05) is 0 Å². The van der Waals surface area contributed by atoms with Gasteiger partial charge in [0.25, 0.3) is 11.8 Å². The van der Waals surface area contributed by atoms with E-state index in [0.29, 0.717) is 0 Å². The fraction of sp³-hybridized carbons (Fsp3) is 0.211. The van der Waals surface area contributed by atoms with Crippen LogP contribution in [0.5, 0.6) is 0 Å². The van der Waals surface area contributed by atoms with Crippen molar-refractivity contribution >= 4 is 46.7 Å². The normalized spacial score (nSPS) is 13.3. The number of benzene rings is 2. The molecule has 0 saturated heterocycles. The van der Waals surface area contributed by atoms with Gasteiger partial charge in [-0.25, -0.2) is 9.69 Å². The third kappa shape index (κ3) is 3.20. The minimum atomic E-state index is -0.562. The number of esters is 1. The first-order chi connectivity index (χ1) is 12.3. The van der Waals surface area contributed by atoms with Crippen molar-refractivity contribution < 1.29 is 19.1 Å². The van der Waals surface area contributed by atoms with Crippen molar-refractivity contribution in [2.45, 2.75) is 13.8 Å². The SMILES string of the molecule is CC(C)COC(=O)c1ccc2c(c1)C(=O)N(c1cccc(Cl)c1Cl)C2=O. The first kappa shape index (κ1) is 18.4.